The van der Waals surface area contributed by atoms with Gasteiger partial charge in [0.15, 0.2) is 11.0 Å². The molecule has 7 nitrogen and oxygen atoms in total. The summed E-state index contributed by atoms with van der Waals surface area (Å²) in [5.74, 6) is 1.34. The fraction of sp³-hybridized carbons (Fsp3) is 0.423. The van der Waals surface area contributed by atoms with Gasteiger partial charge < -0.3 is 19.3 Å². The summed E-state index contributed by atoms with van der Waals surface area (Å²) >= 11 is 1.46. The van der Waals surface area contributed by atoms with Crippen molar-refractivity contribution < 1.29 is 4.79 Å². The molecule has 34 heavy (non-hydrogen) atoms. The molecule has 0 bridgehead atoms. The number of carbonyl (C=O) groups excluding carboxylic acids is 1. The van der Waals surface area contributed by atoms with Gasteiger partial charge in [0.1, 0.15) is 0 Å². The molecule has 0 atom stereocenters. The summed E-state index contributed by atoms with van der Waals surface area (Å²) in [6.07, 6.45) is 0. The van der Waals surface area contributed by atoms with E-state index in [0.29, 0.717) is 5.75 Å². The highest BCUT2D eigenvalue weighted by Crippen LogP contribution is 2.25. The Morgan fingerprint density at radius 2 is 1.71 bits per heavy atom. The molecule has 0 radical (unpaired) electrons. The molecule has 0 aliphatic carbocycles. The highest BCUT2D eigenvalue weighted by Gasteiger charge is 2.22. The first-order chi connectivity index (χ1) is 16.5. The number of amides is 1. The zero-order valence-corrected chi connectivity index (χ0v) is 21.4. The van der Waals surface area contributed by atoms with Gasteiger partial charge in [-0.1, -0.05) is 23.9 Å². The molecule has 1 saturated heterocycles. The van der Waals surface area contributed by atoms with Crippen molar-refractivity contribution in [1.29, 1.82) is 0 Å². The number of hydrogen-bond acceptors (Lipinski definition) is 6. The second kappa shape index (κ2) is 11.0. The maximum atomic E-state index is 12.8. The van der Waals surface area contributed by atoms with Crippen LogP contribution in [-0.2, 0) is 11.8 Å². The third-order valence-corrected chi connectivity index (χ3v) is 7.42. The molecule has 0 N–H and O–H groups in total. The van der Waals surface area contributed by atoms with Crippen LogP contribution in [0.2, 0.25) is 0 Å². The van der Waals surface area contributed by atoms with E-state index < -0.39 is 0 Å². The van der Waals surface area contributed by atoms with Crippen molar-refractivity contribution in [2.75, 3.05) is 54.8 Å². The Labute approximate surface area is 206 Å². The SMILES string of the molecule is CCN(CC)c1ccc(-c2nnc(SCC(=O)N3CCN(c4cccc(C)c4)CC3)n2C)cc1. The van der Waals surface area contributed by atoms with Gasteiger partial charge in [0.25, 0.3) is 0 Å². The molecule has 2 aromatic carbocycles. The molecule has 1 aliphatic heterocycles. The highest BCUT2D eigenvalue weighted by atomic mass is 32.2. The van der Waals surface area contributed by atoms with Crippen LogP contribution in [0.4, 0.5) is 11.4 Å². The van der Waals surface area contributed by atoms with Crippen LogP contribution in [0.15, 0.2) is 53.7 Å². The first-order valence-electron chi connectivity index (χ1n) is 12.0. The van der Waals surface area contributed by atoms with Crippen molar-refractivity contribution in [2.24, 2.45) is 7.05 Å². The van der Waals surface area contributed by atoms with E-state index in [1.165, 1.54) is 28.7 Å². The molecule has 4 rings (SSSR count). The molecule has 1 fully saturated rings. The molecule has 8 heteroatoms. The van der Waals surface area contributed by atoms with E-state index in [-0.39, 0.29) is 5.91 Å². The van der Waals surface area contributed by atoms with E-state index in [9.17, 15) is 4.79 Å². The summed E-state index contributed by atoms with van der Waals surface area (Å²) in [7, 11) is 1.96. The number of anilines is 2. The highest BCUT2D eigenvalue weighted by molar-refractivity contribution is 7.99. The molecular formula is C26H34N6OS. The number of hydrogen-bond donors (Lipinski definition) is 0. The van der Waals surface area contributed by atoms with Crippen molar-refractivity contribution in [3.8, 4) is 11.4 Å². The smallest absolute Gasteiger partial charge is 0.233 e. The predicted molar refractivity (Wildman–Crippen MR) is 141 cm³/mol. The monoisotopic (exact) mass is 478 g/mol. The zero-order chi connectivity index (χ0) is 24.1. The van der Waals surface area contributed by atoms with Gasteiger partial charge in [-0.05, 0) is 62.7 Å². The summed E-state index contributed by atoms with van der Waals surface area (Å²) in [6, 6.07) is 17.0. The van der Waals surface area contributed by atoms with Crippen molar-refractivity contribution in [2.45, 2.75) is 25.9 Å². The summed E-state index contributed by atoms with van der Waals surface area (Å²) in [5.41, 5.74) is 4.73. The molecule has 2 heterocycles. The molecule has 1 amide bonds. The lowest BCUT2D eigenvalue weighted by Crippen LogP contribution is -2.49. The lowest BCUT2D eigenvalue weighted by atomic mass is 10.2. The normalized spacial score (nSPS) is 13.9. The van der Waals surface area contributed by atoms with Gasteiger partial charge in [0, 0.05) is 63.3 Å². The van der Waals surface area contributed by atoms with E-state index in [0.717, 1.165) is 55.8 Å². The largest absolute Gasteiger partial charge is 0.372 e. The predicted octanol–water partition coefficient (Wildman–Crippen LogP) is 4.08. The van der Waals surface area contributed by atoms with Crippen LogP contribution >= 0.6 is 11.8 Å². The van der Waals surface area contributed by atoms with Crippen molar-refractivity contribution in [1.82, 2.24) is 19.7 Å². The van der Waals surface area contributed by atoms with Gasteiger partial charge in [-0.2, -0.15) is 0 Å². The summed E-state index contributed by atoms with van der Waals surface area (Å²) in [4.78, 5) is 19.5. The third-order valence-electron chi connectivity index (χ3n) is 6.41. The minimum absolute atomic E-state index is 0.155. The topological polar surface area (TPSA) is 57.5 Å². The third kappa shape index (κ3) is 5.38. The number of nitrogens with zero attached hydrogens (tertiary/aromatic N) is 6. The summed E-state index contributed by atoms with van der Waals surface area (Å²) < 4.78 is 1.97. The Morgan fingerprint density at radius 3 is 2.35 bits per heavy atom. The van der Waals surface area contributed by atoms with E-state index in [1.807, 2.05) is 16.5 Å². The standard InChI is InChI=1S/C26H34N6OS/c1-5-30(6-2)22-12-10-21(11-13-22)25-27-28-26(29(25)4)34-19-24(33)32-16-14-31(15-17-32)23-9-7-8-20(3)18-23/h7-13,18H,5-6,14-17,19H2,1-4H3. The zero-order valence-electron chi connectivity index (χ0n) is 20.6. The van der Waals surface area contributed by atoms with Crippen LogP contribution in [0.5, 0.6) is 0 Å². The second-order valence-electron chi connectivity index (χ2n) is 8.58. The minimum Gasteiger partial charge on any atom is -0.372 e. The number of carbonyl (C=O) groups is 1. The minimum atomic E-state index is 0.155. The lowest BCUT2D eigenvalue weighted by molar-refractivity contribution is -0.128. The lowest BCUT2D eigenvalue weighted by Gasteiger charge is -2.36. The Hall–Kier alpha value is -3.00. The fourth-order valence-corrected chi connectivity index (χ4v) is 5.17. The molecule has 0 spiro atoms. The van der Waals surface area contributed by atoms with Crippen LogP contribution in [0.1, 0.15) is 19.4 Å². The second-order valence-corrected chi connectivity index (χ2v) is 9.52. The molecule has 0 saturated carbocycles. The van der Waals surface area contributed by atoms with Crippen molar-refractivity contribution >= 4 is 29.0 Å². The number of benzene rings is 2. The first-order valence-corrected chi connectivity index (χ1v) is 13.0. The van der Waals surface area contributed by atoms with E-state index in [4.69, 9.17) is 0 Å². The molecule has 3 aromatic rings. The Kier molecular flexibility index (Phi) is 7.77. The number of thioether (sulfide) groups is 1. The van der Waals surface area contributed by atoms with Crippen molar-refractivity contribution in [3.63, 3.8) is 0 Å². The maximum Gasteiger partial charge on any atom is 0.233 e. The fourth-order valence-electron chi connectivity index (χ4n) is 4.36. The number of rotatable bonds is 8. The summed E-state index contributed by atoms with van der Waals surface area (Å²) in [5, 5.41) is 9.49. The van der Waals surface area contributed by atoms with Crippen LogP contribution in [0.3, 0.4) is 0 Å². The Balaban J connectivity index is 1.32. The van der Waals surface area contributed by atoms with Gasteiger partial charge in [-0.25, -0.2) is 0 Å². The van der Waals surface area contributed by atoms with E-state index in [2.05, 4.69) is 89.3 Å². The summed E-state index contributed by atoms with van der Waals surface area (Å²) in [6.45, 7) is 11.6. The molecule has 180 valence electrons. The molecule has 1 aliphatic rings. The molecular weight excluding hydrogens is 444 g/mol. The first kappa shape index (κ1) is 24.1. The molecule has 0 unspecified atom stereocenters. The Morgan fingerprint density at radius 1 is 1.00 bits per heavy atom. The van der Waals surface area contributed by atoms with Crippen LogP contribution in [0, 0.1) is 6.92 Å². The van der Waals surface area contributed by atoms with Crippen LogP contribution in [0.25, 0.3) is 11.4 Å². The van der Waals surface area contributed by atoms with E-state index >= 15 is 0 Å². The number of aryl methyl sites for hydroxylation is 1. The number of piperazine rings is 1. The van der Waals surface area contributed by atoms with Crippen LogP contribution in [-0.4, -0.2) is 70.6 Å². The van der Waals surface area contributed by atoms with Crippen LogP contribution < -0.4 is 9.80 Å². The van der Waals surface area contributed by atoms with Gasteiger partial charge in [-0.15, -0.1) is 10.2 Å². The maximum absolute atomic E-state index is 12.8. The molecule has 1 aromatic heterocycles. The average molecular weight is 479 g/mol. The van der Waals surface area contributed by atoms with Gasteiger partial charge in [0.2, 0.25) is 5.91 Å². The van der Waals surface area contributed by atoms with Gasteiger partial charge in [0.05, 0.1) is 5.75 Å². The number of aromatic nitrogens is 3. The van der Waals surface area contributed by atoms with E-state index in [1.54, 1.807) is 0 Å². The average Bonchev–Trinajstić information content (AvgIpc) is 3.24. The Bertz CT molecular complexity index is 1100. The van der Waals surface area contributed by atoms with Gasteiger partial charge >= 0.3 is 0 Å². The van der Waals surface area contributed by atoms with Gasteiger partial charge in [-0.3, -0.25) is 4.79 Å². The van der Waals surface area contributed by atoms with Crippen molar-refractivity contribution in [3.05, 3.63) is 54.1 Å². The quantitative estimate of drug-likeness (QED) is 0.455.